The number of hydrogen-bond acceptors (Lipinski definition) is 7. The fourth-order valence-electron chi connectivity index (χ4n) is 1.94. The molecule has 0 fully saturated rings. The van der Waals surface area contributed by atoms with Crippen LogP contribution in [0.1, 0.15) is 12.6 Å². The van der Waals surface area contributed by atoms with Gasteiger partial charge in [0.2, 0.25) is 5.71 Å². The van der Waals surface area contributed by atoms with Crippen LogP contribution in [-0.2, 0) is 9.53 Å². The Hall–Kier alpha value is -3.29. The lowest BCUT2D eigenvalue weighted by atomic mass is 10.1. The molecule has 0 aliphatic carbocycles. The lowest BCUT2D eigenvalue weighted by Crippen LogP contribution is -2.20. The van der Waals surface area contributed by atoms with Gasteiger partial charge in [0.1, 0.15) is 11.4 Å². The molecule has 0 radical (unpaired) electrons. The Labute approximate surface area is 131 Å². The summed E-state index contributed by atoms with van der Waals surface area (Å²) in [7, 11) is 0. The first-order chi connectivity index (χ1) is 11.1. The Bertz CT molecular complexity index is 759. The Morgan fingerprint density at radius 2 is 2.00 bits per heavy atom. The van der Waals surface area contributed by atoms with Crippen molar-refractivity contribution < 1.29 is 19.7 Å². The zero-order chi connectivity index (χ0) is 16.8. The molecule has 1 aromatic carbocycles. The Kier molecular flexibility index (Phi) is 4.98. The second-order valence-corrected chi connectivity index (χ2v) is 4.36. The van der Waals surface area contributed by atoms with Crippen molar-refractivity contribution in [2.75, 3.05) is 6.61 Å². The fraction of sp³-hybridized carbons (Fsp3) is 0.133. The summed E-state index contributed by atoms with van der Waals surface area (Å²) in [6.45, 7) is 1.70. The molecular weight excluding hydrogens is 302 g/mol. The molecule has 0 unspecified atom stereocenters. The van der Waals surface area contributed by atoms with E-state index in [0.29, 0.717) is 5.56 Å². The Morgan fingerprint density at radius 1 is 1.30 bits per heavy atom. The molecule has 23 heavy (non-hydrogen) atoms. The largest absolute Gasteiger partial charge is 0.461 e. The quantitative estimate of drug-likeness (QED) is 0.298. The summed E-state index contributed by atoms with van der Waals surface area (Å²) in [5.41, 5.74) is -0.0869. The van der Waals surface area contributed by atoms with Crippen LogP contribution in [0.2, 0.25) is 0 Å². The van der Waals surface area contributed by atoms with E-state index in [1.165, 1.54) is 12.1 Å². The minimum atomic E-state index is -0.865. The van der Waals surface area contributed by atoms with Crippen molar-refractivity contribution in [2.45, 2.75) is 6.92 Å². The standard InChI is InChI=1S/C15H13N3O5/c1-2-23-15(19)14(17-20)11-8-9-12(18(21)22)13(16-11)10-6-4-3-5-7-10/h3-9,20H,2H2,1H3/b17-14+. The van der Waals surface area contributed by atoms with E-state index < -0.39 is 16.6 Å². The Balaban J connectivity index is 2.57. The molecule has 0 saturated heterocycles. The molecule has 0 spiro atoms. The van der Waals surface area contributed by atoms with Crippen LogP contribution in [0.4, 0.5) is 5.69 Å². The van der Waals surface area contributed by atoms with Gasteiger partial charge >= 0.3 is 5.97 Å². The van der Waals surface area contributed by atoms with E-state index in [1.54, 1.807) is 37.3 Å². The summed E-state index contributed by atoms with van der Waals surface area (Å²) in [5.74, 6) is -0.865. The molecule has 1 heterocycles. The summed E-state index contributed by atoms with van der Waals surface area (Å²) in [6, 6.07) is 10.9. The van der Waals surface area contributed by atoms with E-state index in [4.69, 9.17) is 9.94 Å². The predicted molar refractivity (Wildman–Crippen MR) is 81.3 cm³/mol. The topological polar surface area (TPSA) is 115 Å². The number of nitro groups is 1. The van der Waals surface area contributed by atoms with Crippen LogP contribution in [0.3, 0.4) is 0 Å². The number of oxime groups is 1. The van der Waals surface area contributed by atoms with Gasteiger partial charge in [0.05, 0.1) is 11.5 Å². The highest BCUT2D eigenvalue weighted by Gasteiger charge is 2.23. The van der Waals surface area contributed by atoms with Gasteiger partial charge in [0.25, 0.3) is 5.69 Å². The van der Waals surface area contributed by atoms with Gasteiger partial charge < -0.3 is 9.94 Å². The number of hydrogen-bond donors (Lipinski definition) is 1. The average molecular weight is 315 g/mol. The second-order valence-electron chi connectivity index (χ2n) is 4.36. The molecule has 2 aromatic rings. The highest BCUT2D eigenvalue weighted by Crippen LogP contribution is 2.28. The van der Waals surface area contributed by atoms with Gasteiger partial charge in [-0.05, 0) is 13.0 Å². The summed E-state index contributed by atoms with van der Waals surface area (Å²) in [5, 5.41) is 23.1. The first-order valence-corrected chi connectivity index (χ1v) is 6.68. The number of nitrogens with zero attached hydrogens (tertiary/aromatic N) is 3. The van der Waals surface area contributed by atoms with Gasteiger partial charge in [0.15, 0.2) is 0 Å². The molecule has 118 valence electrons. The van der Waals surface area contributed by atoms with Gasteiger partial charge in [0, 0.05) is 11.6 Å². The lowest BCUT2D eigenvalue weighted by Gasteiger charge is -2.07. The summed E-state index contributed by atoms with van der Waals surface area (Å²) >= 11 is 0. The third-order valence-electron chi connectivity index (χ3n) is 2.93. The molecule has 0 saturated carbocycles. The van der Waals surface area contributed by atoms with Crippen LogP contribution < -0.4 is 0 Å². The van der Waals surface area contributed by atoms with Gasteiger partial charge in [-0.15, -0.1) is 0 Å². The van der Waals surface area contributed by atoms with Crippen molar-refractivity contribution in [3.63, 3.8) is 0 Å². The third-order valence-corrected chi connectivity index (χ3v) is 2.93. The van der Waals surface area contributed by atoms with E-state index in [9.17, 15) is 14.9 Å². The second kappa shape index (κ2) is 7.12. The van der Waals surface area contributed by atoms with Crippen molar-refractivity contribution in [1.29, 1.82) is 0 Å². The predicted octanol–water partition coefficient (Wildman–Crippen LogP) is 2.40. The first-order valence-electron chi connectivity index (χ1n) is 6.68. The van der Waals surface area contributed by atoms with Crippen LogP contribution in [0.5, 0.6) is 0 Å². The minimum absolute atomic E-state index is 0.0181. The average Bonchev–Trinajstić information content (AvgIpc) is 2.56. The lowest BCUT2D eigenvalue weighted by molar-refractivity contribution is -0.384. The van der Waals surface area contributed by atoms with Crippen molar-refractivity contribution in [2.24, 2.45) is 5.16 Å². The molecule has 0 amide bonds. The number of aromatic nitrogens is 1. The molecule has 2 rings (SSSR count). The van der Waals surface area contributed by atoms with E-state index in [0.717, 1.165) is 0 Å². The van der Waals surface area contributed by atoms with Crippen molar-refractivity contribution in [3.8, 4) is 11.3 Å². The fourth-order valence-corrected chi connectivity index (χ4v) is 1.94. The zero-order valence-electron chi connectivity index (χ0n) is 12.2. The maximum Gasteiger partial charge on any atom is 0.362 e. The first kappa shape index (κ1) is 16.1. The molecule has 0 aliphatic rings. The number of rotatable bonds is 5. The summed E-state index contributed by atoms with van der Waals surface area (Å²) in [6.07, 6.45) is 0. The van der Waals surface area contributed by atoms with Crippen LogP contribution in [0, 0.1) is 10.1 Å². The third kappa shape index (κ3) is 3.49. The molecule has 0 bridgehead atoms. The van der Waals surface area contributed by atoms with Gasteiger partial charge in [-0.1, -0.05) is 35.5 Å². The molecule has 0 aliphatic heterocycles. The van der Waals surface area contributed by atoms with Crippen LogP contribution in [0.25, 0.3) is 11.3 Å². The smallest absolute Gasteiger partial charge is 0.362 e. The molecule has 0 atom stereocenters. The summed E-state index contributed by atoms with van der Waals surface area (Å²) in [4.78, 5) is 26.5. The number of benzene rings is 1. The van der Waals surface area contributed by atoms with Crippen molar-refractivity contribution >= 4 is 17.4 Å². The molecule has 8 nitrogen and oxygen atoms in total. The number of esters is 1. The normalized spacial score (nSPS) is 11.1. The van der Waals surface area contributed by atoms with E-state index in [2.05, 4.69) is 10.1 Å². The van der Waals surface area contributed by atoms with Gasteiger partial charge in [-0.25, -0.2) is 9.78 Å². The molecular formula is C15H13N3O5. The van der Waals surface area contributed by atoms with Gasteiger partial charge in [-0.3, -0.25) is 10.1 Å². The van der Waals surface area contributed by atoms with E-state index >= 15 is 0 Å². The highest BCUT2D eigenvalue weighted by atomic mass is 16.6. The van der Waals surface area contributed by atoms with E-state index in [1.807, 2.05) is 0 Å². The minimum Gasteiger partial charge on any atom is -0.461 e. The summed E-state index contributed by atoms with van der Waals surface area (Å²) < 4.78 is 4.77. The van der Waals surface area contributed by atoms with Crippen LogP contribution in [-0.4, -0.2) is 33.4 Å². The maximum absolute atomic E-state index is 11.8. The Morgan fingerprint density at radius 3 is 2.57 bits per heavy atom. The SMILES string of the molecule is CCOC(=O)/C(=N/O)c1ccc([N+](=O)[O-])c(-c2ccccc2)n1. The number of pyridine rings is 1. The molecule has 1 aromatic heterocycles. The molecule has 8 heteroatoms. The number of carbonyl (C=O) groups is 1. The molecule has 1 N–H and O–H groups in total. The monoisotopic (exact) mass is 315 g/mol. The van der Waals surface area contributed by atoms with Crippen molar-refractivity contribution in [1.82, 2.24) is 4.98 Å². The van der Waals surface area contributed by atoms with Gasteiger partial charge in [-0.2, -0.15) is 0 Å². The van der Waals surface area contributed by atoms with E-state index in [-0.39, 0.29) is 23.7 Å². The number of carbonyl (C=O) groups excluding carboxylic acids is 1. The van der Waals surface area contributed by atoms with Crippen molar-refractivity contribution in [3.05, 3.63) is 58.3 Å². The maximum atomic E-state index is 11.8. The van der Waals surface area contributed by atoms with Crippen LogP contribution in [0.15, 0.2) is 47.6 Å². The number of ether oxygens (including phenoxy) is 1. The van der Waals surface area contributed by atoms with Crippen LogP contribution >= 0.6 is 0 Å². The highest BCUT2D eigenvalue weighted by molar-refractivity contribution is 6.42. The zero-order valence-corrected chi connectivity index (χ0v) is 12.2.